The third-order valence-electron chi connectivity index (χ3n) is 2.37. The van der Waals surface area contributed by atoms with Crippen molar-refractivity contribution in [2.75, 3.05) is 13.1 Å². The van der Waals surface area contributed by atoms with Gasteiger partial charge < -0.3 is 0 Å². The number of rotatable bonds is 4. The molecule has 0 fully saturated rings. The van der Waals surface area contributed by atoms with Crippen molar-refractivity contribution in [2.24, 2.45) is 0 Å². The Hall–Kier alpha value is -1.45. The fraction of sp³-hybridized carbons (Fsp3) is 0.364. The zero-order chi connectivity index (χ0) is 13.1. The van der Waals surface area contributed by atoms with Gasteiger partial charge >= 0.3 is 0 Å². The predicted molar refractivity (Wildman–Crippen MR) is 61.2 cm³/mol. The van der Waals surface area contributed by atoms with Crippen molar-refractivity contribution in [2.45, 2.75) is 18.7 Å². The first-order valence-electron chi connectivity index (χ1n) is 5.06. The minimum absolute atomic E-state index is 0.0883. The molecular weight excluding hydrogens is 243 g/mol. The normalized spacial score (nSPS) is 11.5. The number of halogens is 1. The standard InChI is InChI=1S/C11H13FN2O2S/c1-3-14(7-6-13)17(15,16)11-8-10(12)5-4-9(11)2/h4-5,8H,3,7H2,1-2H3. The van der Waals surface area contributed by atoms with Crippen LogP contribution in [-0.4, -0.2) is 25.8 Å². The molecule has 0 aliphatic rings. The Morgan fingerprint density at radius 3 is 2.65 bits per heavy atom. The van der Waals surface area contributed by atoms with Crippen LogP contribution < -0.4 is 0 Å². The van der Waals surface area contributed by atoms with Gasteiger partial charge in [0.25, 0.3) is 0 Å². The average molecular weight is 256 g/mol. The molecule has 0 N–H and O–H groups in total. The highest BCUT2D eigenvalue weighted by molar-refractivity contribution is 7.89. The molecule has 1 rings (SSSR count). The Morgan fingerprint density at radius 2 is 2.12 bits per heavy atom. The van der Waals surface area contributed by atoms with Crippen LogP contribution in [-0.2, 0) is 10.0 Å². The maximum Gasteiger partial charge on any atom is 0.244 e. The van der Waals surface area contributed by atoms with Crippen molar-refractivity contribution in [3.8, 4) is 6.07 Å². The quantitative estimate of drug-likeness (QED) is 0.770. The van der Waals surface area contributed by atoms with Gasteiger partial charge in [0.2, 0.25) is 10.0 Å². The molecule has 0 amide bonds. The highest BCUT2D eigenvalue weighted by Crippen LogP contribution is 2.20. The molecule has 1 aromatic rings. The van der Waals surface area contributed by atoms with E-state index in [-0.39, 0.29) is 18.0 Å². The summed E-state index contributed by atoms with van der Waals surface area (Å²) in [7, 11) is -3.80. The molecule has 0 aliphatic heterocycles. The summed E-state index contributed by atoms with van der Waals surface area (Å²) in [6, 6.07) is 5.37. The van der Waals surface area contributed by atoms with Gasteiger partial charge in [-0.1, -0.05) is 13.0 Å². The molecule has 0 unspecified atom stereocenters. The molecule has 0 heterocycles. The minimum Gasteiger partial charge on any atom is -0.207 e. The maximum absolute atomic E-state index is 13.1. The fourth-order valence-corrected chi connectivity index (χ4v) is 3.02. The zero-order valence-corrected chi connectivity index (χ0v) is 10.5. The second kappa shape index (κ2) is 5.25. The van der Waals surface area contributed by atoms with Crippen LogP contribution in [0.1, 0.15) is 12.5 Å². The largest absolute Gasteiger partial charge is 0.244 e. The lowest BCUT2D eigenvalue weighted by atomic mass is 10.2. The van der Waals surface area contributed by atoms with Crippen LogP contribution in [0.15, 0.2) is 23.1 Å². The Labute approximate surface area is 100 Å². The summed E-state index contributed by atoms with van der Waals surface area (Å²) in [5.41, 5.74) is 0.461. The third kappa shape index (κ3) is 2.81. The van der Waals surface area contributed by atoms with Crippen LogP contribution >= 0.6 is 0 Å². The Bertz CT molecular complexity index is 549. The van der Waals surface area contributed by atoms with E-state index in [0.29, 0.717) is 5.56 Å². The summed E-state index contributed by atoms with van der Waals surface area (Å²) in [5, 5.41) is 8.57. The van der Waals surface area contributed by atoms with Gasteiger partial charge in [0.1, 0.15) is 12.4 Å². The number of nitrogens with zero attached hydrogens (tertiary/aromatic N) is 2. The van der Waals surface area contributed by atoms with Crippen molar-refractivity contribution in [1.82, 2.24) is 4.31 Å². The van der Waals surface area contributed by atoms with E-state index < -0.39 is 15.8 Å². The van der Waals surface area contributed by atoms with E-state index >= 15 is 0 Å². The lowest BCUT2D eigenvalue weighted by Crippen LogP contribution is -2.31. The zero-order valence-electron chi connectivity index (χ0n) is 9.64. The lowest BCUT2D eigenvalue weighted by Gasteiger charge is -2.18. The van der Waals surface area contributed by atoms with E-state index in [1.165, 1.54) is 12.1 Å². The Balaban J connectivity index is 3.30. The average Bonchev–Trinajstić information content (AvgIpc) is 2.28. The highest BCUT2D eigenvalue weighted by atomic mass is 32.2. The number of sulfonamides is 1. The molecule has 0 saturated heterocycles. The summed E-state index contributed by atoms with van der Waals surface area (Å²) in [4.78, 5) is -0.0883. The number of hydrogen-bond donors (Lipinski definition) is 0. The van der Waals surface area contributed by atoms with Crippen molar-refractivity contribution in [1.29, 1.82) is 5.26 Å². The van der Waals surface area contributed by atoms with E-state index in [0.717, 1.165) is 10.4 Å². The highest BCUT2D eigenvalue weighted by Gasteiger charge is 2.24. The lowest BCUT2D eigenvalue weighted by molar-refractivity contribution is 0.461. The van der Waals surface area contributed by atoms with Crippen molar-refractivity contribution in [3.05, 3.63) is 29.6 Å². The number of benzene rings is 1. The van der Waals surface area contributed by atoms with E-state index in [9.17, 15) is 12.8 Å². The van der Waals surface area contributed by atoms with Gasteiger partial charge in [0.05, 0.1) is 11.0 Å². The molecule has 6 heteroatoms. The first-order valence-corrected chi connectivity index (χ1v) is 6.50. The van der Waals surface area contributed by atoms with Gasteiger partial charge in [0.15, 0.2) is 0 Å². The molecule has 17 heavy (non-hydrogen) atoms. The minimum atomic E-state index is -3.80. The maximum atomic E-state index is 13.1. The molecule has 1 aromatic carbocycles. The number of hydrogen-bond acceptors (Lipinski definition) is 3. The van der Waals surface area contributed by atoms with Gasteiger partial charge in [-0.25, -0.2) is 12.8 Å². The number of aryl methyl sites for hydroxylation is 1. The van der Waals surface area contributed by atoms with Crippen molar-refractivity contribution in [3.63, 3.8) is 0 Å². The van der Waals surface area contributed by atoms with Crippen molar-refractivity contribution < 1.29 is 12.8 Å². The molecule has 0 spiro atoms. The summed E-state index contributed by atoms with van der Waals surface area (Å²) in [6.07, 6.45) is 0. The third-order valence-corrected chi connectivity index (χ3v) is 4.43. The SMILES string of the molecule is CCN(CC#N)S(=O)(=O)c1cc(F)ccc1C. The van der Waals surface area contributed by atoms with Crippen LogP contribution in [0, 0.1) is 24.1 Å². The predicted octanol–water partition coefficient (Wildman–Crippen LogP) is 1.67. The fourth-order valence-electron chi connectivity index (χ4n) is 1.44. The summed E-state index contributed by atoms with van der Waals surface area (Å²) in [5.74, 6) is -0.609. The van der Waals surface area contributed by atoms with Crippen LogP contribution in [0.4, 0.5) is 4.39 Å². The monoisotopic (exact) mass is 256 g/mol. The molecule has 0 saturated carbocycles. The smallest absolute Gasteiger partial charge is 0.207 e. The summed E-state index contributed by atoms with van der Waals surface area (Å²) >= 11 is 0. The first-order chi connectivity index (χ1) is 7.93. The molecule has 0 radical (unpaired) electrons. The summed E-state index contributed by atoms with van der Waals surface area (Å²) in [6.45, 7) is 3.15. The molecule has 0 bridgehead atoms. The van der Waals surface area contributed by atoms with Gasteiger partial charge in [-0.3, -0.25) is 0 Å². The topological polar surface area (TPSA) is 61.2 Å². The van der Waals surface area contributed by atoms with Gasteiger partial charge in [-0.15, -0.1) is 0 Å². The molecule has 4 nitrogen and oxygen atoms in total. The van der Waals surface area contributed by atoms with E-state index in [1.807, 2.05) is 0 Å². The van der Waals surface area contributed by atoms with Crippen LogP contribution in [0.25, 0.3) is 0 Å². The molecule has 92 valence electrons. The van der Waals surface area contributed by atoms with Crippen LogP contribution in [0.2, 0.25) is 0 Å². The second-order valence-corrected chi connectivity index (χ2v) is 5.41. The van der Waals surface area contributed by atoms with Crippen molar-refractivity contribution >= 4 is 10.0 Å². The van der Waals surface area contributed by atoms with Gasteiger partial charge in [0, 0.05) is 6.54 Å². The number of nitriles is 1. The molecule has 0 atom stereocenters. The van der Waals surface area contributed by atoms with Gasteiger partial charge in [-0.2, -0.15) is 9.57 Å². The first kappa shape index (κ1) is 13.6. The molecule has 0 aromatic heterocycles. The van der Waals surface area contributed by atoms with E-state index in [2.05, 4.69) is 0 Å². The van der Waals surface area contributed by atoms with Crippen LogP contribution in [0.5, 0.6) is 0 Å². The van der Waals surface area contributed by atoms with Gasteiger partial charge in [-0.05, 0) is 24.6 Å². The molecule has 0 aliphatic carbocycles. The Kier molecular flexibility index (Phi) is 4.21. The van der Waals surface area contributed by atoms with E-state index in [4.69, 9.17) is 5.26 Å². The second-order valence-electron chi connectivity index (χ2n) is 3.50. The van der Waals surface area contributed by atoms with Crippen LogP contribution in [0.3, 0.4) is 0 Å². The summed E-state index contributed by atoms with van der Waals surface area (Å²) < 4.78 is 38.4. The van der Waals surface area contributed by atoms with E-state index in [1.54, 1.807) is 19.9 Å². The Morgan fingerprint density at radius 1 is 1.47 bits per heavy atom. The molecular formula is C11H13FN2O2S.